The van der Waals surface area contributed by atoms with Crippen LogP contribution in [0.25, 0.3) is 22.6 Å². The van der Waals surface area contributed by atoms with Gasteiger partial charge in [-0.2, -0.15) is 5.26 Å². The van der Waals surface area contributed by atoms with E-state index in [2.05, 4.69) is 15.8 Å². The summed E-state index contributed by atoms with van der Waals surface area (Å²) in [4.78, 5) is 12.0. The van der Waals surface area contributed by atoms with E-state index in [0.29, 0.717) is 17.0 Å². The number of nitrogens with one attached hydrogen (secondary N) is 2. The highest BCUT2D eigenvalue weighted by molar-refractivity contribution is 5.95. The maximum atomic E-state index is 12.0. The van der Waals surface area contributed by atoms with Gasteiger partial charge in [-0.05, 0) is 24.7 Å². The summed E-state index contributed by atoms with van der Waals surface area (Å²) in [5.41, 5.74) is 4.02. The van der Waals surface area contributed by atoms with E-state index in [0.717, 1.165) is 17.7 Å². The molecule has 3 rings (SSSR count). The first-order valence-electron chi connectivity index (χ1n) is 8.17. The highest BCUT2D eigenvalue weighted by Gasteiger charge is 2.11. The Balaban J connectivity index is 1.81. The first-order chi connectivity index (χ1) is 12.7. The van der Waals surface area contributed by atoms with Gasteiger partial charge in [0.2, 0.25) is 0 Å². The van der Waals surface area contributed by atoms with E-state index in [4.69, 9.17) is 9.78 Å². The first kappa shape index (κ1) is 17.4. The van der Waals surface area contributed by atoms with Crippen LogP contribution in [0.15, 0.2) is 59.1 Å². The van der Waals surface area contributed by atoms with Crippen molar-refractivity contribution in [3.8, 4) is 28.7 Å². The molecule has 0 spiro atoms. The number of benzene rings is 2. The van der Waals surface area contributed by atoms with Crippen LogP contribution in [0.5, 0.6) is 0 Å². The fourth-order valence-electron chi connectivity index (χ4n) is 2.58. The molecule has 3 aromatic rings. The normalized spacial score (nSPS) is 10.3. The van der Waals surface area contributed by atoms with Crippen molar-refractivity contribution in [2.24, 2.45) is 0 Å². The van der Waals surface area contributed by atoms with Crippen LogP contribution in [0.2, 0.25) is 0 Å². The minimum atomic E-state index is -0.294. The third-order valence-corrected chi connectivity index (χ3v) is 3.88. The standard InChI is InChI=1S/C20H18N4O2/c1-22-13-14-5-7-15(8-6-14)19-12-18(24-26-19)16-3-2-4-17(11-16)20(25)23-10-9-21/h2-8,11-12,22H,10,13H2,1H3,(H,23,25). The summed E-state index contributed by atoms with van der Waals surface area (Å²) < 4.78 is 5.46. The van der Waals surface area contributed by atoms with Crippen molar-refractivity contribution in [3.63, 3.8) is 0 Å². The molecule has 0 aliphatic rings. The summed E-state index contributed by atoms with van der Waals surface area (Å²) in [6, 6.07) is 18.8. The Morgan fingerprint density at radius 2 is 1.96 bits per heavy atom. The molecule has 0 saturated carbocycles. The summed E-state index contributed by atoms with van der Waals surface area (Å²) >= 11 is 0. The summed E-state index contributed by atoms with van der Waals surface area (Å²) in [6.07, 6.45) is 0. The van der Waals surface area contributed by atoms with Gasteiger partial charge >= 0.3 is 0 Å². The highest BCUT2D eigenvalue weighted by Crippen LogP contribution is 2.26. The lowest BCUT2D eigenvalue weighted by Gasteiger charge is -2.02. The number of hydrogen-bond donors (Lipinski definition) is 2. The van der Waals surface area contributed by atoms with Gasteiger partial charge in [-0.25, -0.2) is 0 Å². The van der Waals surface area contributed by atoms with Crippen LogP contribution < -0.4 is 10.6 Å². The zero-order valence-corrected chi connectivity index (χ0v) is 14.3. The van der Waals surface area contributed by atoms with E-state index in [1.807, 2.05) is 49.5 Å². The minimum absolute atomic E-state index is 0.0271. The summed E-state index contributed by atoms with van der Waals surface area (Å²) in [6.45, 7) is 0.781. The predicted molar refractivity (Wildman–Crippen MR) is 98.1 cm³/mol. The summed E-state index contributed by atoms with van der Waals surface area (Å²) in [7, 11) is 1.91. The van der Waals surface area contributed by atoms with E-state index in [1.165, 1.54) is 5.56 Å². The van der Waals surface area contributed by atoms with E-state index in [1.54, 1.807) is 18.2 Å². The molecule has 1 amide bonds. The van der Waals surface area contributed by atoms with Crippen molar-refractivity contribution in [1.29, 1.82) is 5.26 Å². The van der Waals surface area contributed by atoms with Crippen LogP contribution in [-0.4, -0.2) is 24.7 Å². The molecule has 0 unspecified atom stereocenters. The van der Waals surface area contributed by atoms with Crippen molar-refractivity contribution >= 4 is 5.91 Å². The number of nitrogens with zero attached hydrogens (tertiary/aromatic N) is 2. The topological polar surface area (TPSA) is 91.0 Å². The number of hydrogen-bond acceptors (Lipinski definition) is 5. The van der Waals surface area contributed by atoms with Crippen LogP contribution in [0, 0.1) is 11.3 Å². The number of nitriles is 1. The summed E-state index contributed by atoms with van der Waals surface area (Å²) in [5.74, 6) is 0.368. The van der Waals surface area contributed by atoms with Gasteiger partial charge in [-0.3, -0.25) is 4.79 Å². The molecule has 1 aromatic heterocycles. The number of carbonyl (C=O) groups is 1. The number of carbonyl (C=O) groups excluding carboxylic acids is 1. The average molecular weight is 346 g/mol. The molecule has 0 saturated heterocycles. The molecule has 2 N–H and O–H groups in total. The molecular weight excluding hydrogens is 328 g/mol. The van der Waals surface area contributed by atoms with Crippen molar-refractivity contribution in [1.82, 2.24) is 15.8 Å². The Morgan fingerprint density at radius 3 is 2.69 bits per heavy atom. The second-order valence-corrected chi connectivity index (χ2v) is 5.73. The molecule has 0 bridgehead atoms. The molecule has 0 atom stereocenters. The van der Waals surface area contributed by atoms with Gasteiger partial charge < -0.3 is 15.2 Å². The van der Waals surface area contributed by atoms with Crippen molar-refractivity contribution < 1.29 is 9.32 Å². The lowest BCUT2D eigenvalue weighted by atomic mass is 10.1. The maximum Gasteiger partial charge on any atom is 0.252 e. The quantitative estimate of drug-likeness (QED) is 0.670. The van der Waals surface area contributed by atoms with Gasteiger partial charge in [-0.15, -0.1) is 0 Å². The second kappa shape index (κ2) is 8.10. The molecule has 0 radical (unpaired) electrons. The monoisotopic (exact) mass is 346 g/mol. The minimum Gasteiger partial charge on any atom is -0.356 e. The molecular formula is C20H18N4O2. The van der Waals surface area contributed by atoms with Crippen molar-refractivity contribution in [2.45, 2.75) is 6.54 Å². The van der Waals surface area contributed by atoms with Gasteiger partial charge in [0.15, 0.2) is 5.76 Å². The van der Waals surface area contributed by atoms with Gasteiger partial charge in [0.05, 0.1) is 6.07 Å². The number of aromatic nitrogens is 1. The van der Waals surface area contributed by atoms with E-state index in [-0.39, 0.29) is 12.5 Å². The van der Waals surface area contributed by atoms with Gasteiger partial charge in [0, 0.05) is 29.3 Å². The molecule has 0 aliphatic heterocycles. The fraction of sp³-hybridized carbons (Fsp3) is 0.150. The molecule has 26 heavy (non-hydrogen) atoms. The van der Waals surface area contributed by atoms with Crippen LogP contribution >= 0.6 is 0 Å². The van der Waals surface area contributed by atoms with E-state index >= 15 is 0 Å². The third kappa shape index (κ3) is 3.97. The Kier molecular flexibility index (Phi) is 5.42. The lowest BCUT2D eigenvalue weighted by molar-refractivity contribution is 0.0958. The van der Waals surface area contributed by atoms with Gasteiger partial charge in [0.1, 0.15) is 12.2 Å². The SMILES string of the molecule is CNCc1ccc(-c2cc(-c3cccc(C(=O)NCC#N)c3)no2)cc1. The van der Waals surface area contributed by atoms with Crippen LogP contribution in [0.3, 0.4) is 0 Å². The summed E-state index contributed by atoms with van der Waals surface area (Å²) in [5, 5.41) is 18.3. The predicted octanol–water partition coefficient (Wildman–Crippen LogP) is 2.98. The molecule has 1 heterocycles. The van der Waals surface area contributed by atoms with Crippen molar-refractivity contribution in [2.75, 3.05) is 13.6 Å². The average Bonchev–Trinajstić information content (AvgIpc) is 3.17. The zero-order chi connectivity index (χ0) is 18.4. The van der Waals surface area contributed by atoms with Crippen LogP contribution in [-0.2, 0) is 6.54 Å². The Bertz CT molecular complexity index is 939. The molecule has 6 nitrogen and oxygen atoms in total. The molecule has 0 aliphatic carbocycles. The van der Waals surface area contributed by atoms with Crippen LogP contribution in [0.1, 0.15) is 15.9 Å². The Morgan fingerprint density at radius 1 is 1.15 bits per heavy atom. The zero-order valence-electron chi connectivity index (χ0n) is 14.3. The lowest BCUT2D eigenvalue weighted by Crippen LogP contribution is -2.23. The van der Waals surface area contributed by atoms with E-state index in [9.17, 15) is 4.79 Å². The van der Waals surface area contributed by atoms with Gasteiger partial charge in [-0.1, -0.05) is 41.6 Å². The third-order valence-electron chi connectivity index (χ3n) is 3.88. The smallest absolute Gasteiger partial charge is 0.252 e. The van der Waals surface area contributed by atoms with E-state index < -0.39 is 0 Å². The molecule has 130 valence electrons. The molecule has 2 aromatic carbocycles. The second-order valence-electron chi connectivity index (χ2n) is 5.73. The Hall–Kier alpha value is -3.43. The fourth-order valence-corrected chi connectivity index (χ4v) is 2.58. The van der Waals surface area contributed by atoms with Crippen molar-refractivity contribution in [3.05, 3.63) is 65.7 Å². The maximum absolute atomic E-state index is 12.0. The number of amides is 1. The Labute approximate surface area is 151 Å². The highest BCUT2D eigenvalue weighted by atomic mass is 16.5. The molecule has 0 fully saturated rings. The van der Waals surface area contributed by atoms with Crippen LogP contribution in [0.4, 0.5) is 0 Å². The largest absolute Gasteiger partial charge is 0.356 e. The van der Waals surface area contributed by atoms with Gasteiger partial charge in [0.25, 0.3) is 5.91 Å². The number of rotatable bonds is 6. The molecule has 6 heteroatoms. The first-order valence-corrected chi connectivity index (χ1v) is 8.17.